The minimum absolute atomic E-state index is 0.0601. The fourth-order valence-electron chi connectivity index (χ4n) is 4.05. The topological polar surface area (TPSA) is 65.9 Å². The molecule has 0 amide bonds. The Morgan fingerprint density at radius 1 is 1.19 bits per heavy atom. The summed E-state index contributed by atoms with van der Waals surface area (Å²) in [4.78, 5) is 22.1. The minimum Gasteiger partial charge on any atom is -0.490 e. The van der Waals surface area contributed by atoms with Crippen LogP contribution in [0.5, 0.6) is 5.75 Å². The van der Waals surface area contributed by atoms with Crippen LogP contribution in [0.2, 0.25) is 0 Å². The molecule has 0 atom stereocenters. The molecule has 0 saturated heterocycles. The van der Waals surface area contributed by atoms with Crippen molar-refractivity contribution < 1.29 is 14.6 Å². The van der Waals surface area contributed by atoms with Crippen LogP contribution in [0.3, 0.4) is 0 Å². The lowest BCUT2D eigenvalue weighted by molar-refractivity contribution is 0.0702. The maximum Gasteiger partial charge on any atom is 0.348 e. The molecule has 31 heavy (non-hydrogen) atoms. The first kappa shape index (κ1) is 23.5. The Labute approximate surface area is 189 Å². The molecule has 0 unspecified atom stereocenters. The molecule has 0 spiro atoms. The van der Waals surface area contributed by atoms with E-state index in [1.165, 1.54) is 11.3 Å². The highest BCUT2D eigenvalue weighted by Crippen LogP contribution is 2.39. The van der Waals surface area contributed by atoms with E-state index in [0.717, 1.165) is 54.2 Å². The minimum atomic E-state index is -0.842. The van der Waals surface area contributed by atoms with Gasteiger partial charge in [0.2, 0.25) is 0 Å². The molecule has 1 fully saturated rings. The first-order valence-electron chi connectivity index (χ1n) is 10.9. The summed E-state index contributed by atoms with van der Waals surface area (Å²) in [6, 6.07) is 6.34. The number of rotatable bonds is 7. The van der Waals surface area contributed by atoms with Crippen molar-refractivity contribution in [3.05, 3.63) is 39.8 Å². The molecule has 0 radical (unpaired) electrons. The van der Waals surface area contributed by atoms with E-state index in [4.69, 9.17) is 4.74 Å². The van der Waals surface area contributed by atoms with Gasteiger partial charge in [0.25, 0.3) is 0 Å². The van der Waals surface area contributed by atoms with Crippen molar-refractivity contribution in [2.75, 3.05) is 26.0 Å². The van der Waals surface area contributed by atoms with Crippen LogP contribution in [0.4, 0.5) is 5.69 Å². The Morgan fingerprint density at radius 3 is 2.45 bits per heavy atom. The van der Waals surface area contributed by atoms with E-state index in [1.807, 2.05) is 39.5 Å². The smallest absolute Gasteiger partial charge is 0.348 e. The number of nitrogens with zero attached hydrogens (tertiary/aromatic N) is 3. The first-order chi connectivity index (χ1) is 14.5. The van der Waals surface area contributed by atoms with E-state index in [9.17, 15) is 9.90 Å². The predicted octanol–water partition coefficient (Wildman–Crippen LogP) is 5.03. The lowest BCUT2D eigenvalue weighted by Gasteiger charge is -2.36. The molecule has 1 aliphatic carbocycles. The molecule has 0 aliphatic heterocycles. The summed E-state index contributed by atoms with van der Waals surface area (Å²) in [5.41, 5.74) is 1.79. The number of carboxylic acids is 1. The lowest BCUT2D eigenvalue weighted by atomic mass is 9.91. The largest absolute Gasteiger partial charge is 0.490 e. The third-order valence-electron chi connectivity index (χ3n) is 5.79. The molecule has 2 heterocycles. The summed E-state index contributed by atoms with van der Waals surface area (Å²) in [6.45, 7) is 7.16. The summed E-state index contributed by atoms with van der Waals surface area (Å²) in [7, 11) is 6.09. The number of hydrogen-bond donors (Lipinski definition) is 1. The van der Waals surface area contributed by atoms with Gasteiger partial charge in [0.1, 0.15) is 10.6 Å². The third-order valence-corrected chi connectivity index (χ3v) is 7.32. The molecule has 2 aromatic rings. The fourth-order valence-corrected chi connectivity index (χ4v) is 5.14. The van der Waals surface area contributed by atoms with Crippen LogP contribution in [0.25, 0.3) is 0 Å². The van der Waals surface area contributed by atoms with Gasteiger partial charge in [0.15, 0.2) is 0 Å². The average Bonchev–Trinajstić information content (AvgIpc) is 3.14. The zero-order valence-corrected chi connectivity index (χ0v) is 20.3. The SMILES string of the molecule is CN(C)Cc1cc(O[C@H]2CC[C@H](N(C)c3cc(C(C)(C)C)sc3C(=O)O)CC2)ccn1. The molecule has 3 rings (SSSR count). The van der Waals surface area contributed by atoms with E-state index in [-0.39, 0.29) is 11.5 Å². The summed E-state index contributed by atoms with van der Waals surface area (Å²) < 4.78 is 6.25. The Bertz CT molecular complexity index is 896. The first-order valence-corrected chi connectivity index (χ1v) is 11.7. The monoisotopic (exact) mass is 445 g/mol. The predicted molar refractivity (Wildman–Crippen MR) is 127 cm³/mol. The van der Waals surface area contributed by atoms with Crippen LogP contribution >= 0.6 is 11.3 Å². The number of carboxylic acid groups (broad SMARTS) is 1. The van der Waals surface area contributed by atoms with Gasteiger partial charge in [-0.2, -0.15) is 0 Å². The summed E-state index contributed by atoms with van der Waals surface area (Å²) in [5, 5.41) is 9.73. The molecular formula is C24H35N3O3S. The van der Waals surface area contributed by atoms with Crippen molar-refractivity contribution in [2.45, 2.75) is 70.6 Å². The van der Waals surface area contributed by atoms with Crippen LogP contribution < -0.4 is 9.64 Å². The maximum atomic E-state index is 11.9. The second-order valence-electron chi connectivity index (χ2n) is 9.76. The second kappa shape index (κ2) is 9.57. The molecule has 1 aliphatic rings. The van der Waals surface area contributed by atoms with Gasteiger partial charge in [-0.05, 0) is 57.3 Å². The summed E-state index contributed by atoms with van der Waals surface area (Å²) >= 11 is 1.40. The highest BCUT2D eigenvalue weighted by Gasteiger charge is 2.30. The van der Waals surface area contributed by atoms with Crippen LogP contribution in [-0.2, 0) is 12.0 Å². The molecule has 7 heteroatoms. The van der Waals surface area contributed by atoms with Gasteiger partial charge in [-0.25, -0.2) is 4.79 Å². The maximum absolute atomic E-state index is 11.9. The molecule has 1 N–H and O–H groups in total. The number of pyridine rings is 1. The molecule has 0 aromatic carbocycles. The van der Waals surface area contributed by atoms with Crippen molar-refractivity contribution in [1.82, 2.24) is 9.88 Å². The van der Waals surface area contributed by atoms with Gasteiger partial charge in [-0.1, -0.05) is 20.8 Å². The fraction of sp³-hybridized carbons (Fsp3) is 0.583. The van der Waals surface area contributed by atoms with Crippen molar-refractivity contribution in [3.63, 3.8) is 0 Å². The van der Waals surface area contributed by atoms with Crippen molar-refractivity contribution >= 4 is 23.0 Å². The van der Waals surface area contributed by atoms with E-state index in [2.05, 4.69) is 41.6 Å². The number of hydrogen-bond acceptors (Lipinski definition) is 6. The van der Waals surface area contributed by atoms with E-state index >= 15 is 0 Å². The molecule has 170 valence electrons. The van der Waals surface area contributed by atoms with Crippen molar-refractivity contribution in [2.24, 2.45) is 0 Å². The number of aromatic carboxylic acids is 1. The van der Waals surface area contributed by atoms with Crippen LogP contribution in [0.1, 0.15) is 66.7 Å². The van der Waals surface area contributed by atoms with Crippen molar-refractivity contribution in [3.8, 4) is 5.75 Å². The number of anilines is 1. The third kappa shape index (κ3) is 5.98. The van der Waals surface area contributed by atoms with Crippen LogP contribution in [-0.4, -0.2) is 54.2 Å². The van der Waals surface area contributed by atoms with Crippen molar-refractivity contribution in [1.29, 1.82) is 0 Å². The Morgan fingerprint density at radius 2 is 1.87 bits per heavy atom. The zero-order chi connectivity index (χ0) is 22.8. The summed E-state index contributed by atoms with van der Waals surface area (Å²) in [6.07, 6.45) is 5.88. The number of thiophene rings is 1. The Hall–Kier alpha value is -2.12. The van der Waals surface area contributed by atoms with Gasteiger partial charge < -0.3 is 19.6 Å². The normalized spacial score (nSPS) is 19.5. The molecule has 6 nitrogen and oxygen atoms in total. The quantitative estimate of drug-likeness (QED) is 0.645. The Balaban J connectivity index is 1.63. The van der Waals surface area contributed by atoms with Gasteiger partial charge in [-0.3, -0.25) is 4.98 Å². The van der Waals surface area contributed by atoms with Gasteiger partial charge in [-0.15, -0.1) is 11.3 Å². The van der Waals surface area contributed by atoms with Crippen LogP contribution in [0.15, 0.2) is 24.4 Å². The van der Waals surface area contributed by atoms with Gasteiger partial charge >= 0.3 is 5.97 Å². The summed E-state index contributed by atoms with van der Waals surface area (Å²) in [5.74, 6) is 0.0371. The average molecular weight is 446 g/mol. The highest BCUT2D eigenvalue weighted by atomic mass is 32.1. The molecular weight excluding hydrogens is 410 g/mol. The zero-order valence-electron chi connectivity index (χ0n) is 19.5. The van der Waals surface area contributed by atoms with E-state index in [1.54, 1.807) is 0 Å². The second-order valence-corrected chi connectivity index (χ2v) is 10.8. The highest BCUT2D eigenvalue weighted by molar-refractivity contribution is 7.14. The molecule has 1 saturated carbocycles. The number of carbonyl (C=O) groups is 1. The van der Waals surface area contributed by atoms with Crippen LogP contribution in [0, 0.1) is 0 Å². The lowest BCUT2D eigenvalue weighted by Crippen LogP contribution is -2.38. The van der Waals surface area contributed by atoms with Gasteiger partial charge in [0.05, 0.1) is 17.5 Å². The van der Waals surface area contributed by atoms with E-state index in [0.29, 0.717) is 10.9 Å². The molecule has 0 bridgehead atoms. The number of aromatic nitrogens is 1. The van der Waals surface area contributed by atoms with E-state index < -0.39 is 5.97 Å². The van der Waals surface area contributed by atoms with Gasteiger partial charge in [0, 0.05) is 36.8 Å². The standard InChI is InChI=1S/C24H35N3O3S/c1-24(2,3)21-14-20(22(31-21)23(28)29)27(6)17-7-9-18(10-8-17)30-19-11-12-25-16(13-19)15-26(4)5/h11-14,17-18H,7-10,15H2,1-6H3,(H,28,29)/t17-,18-. The number of ether oxygens (including phenoxy) is 1. The Kier molecular flexibility index (Phi) is 7.27. The molecule has 2 aromatic heterocycles.